The fourth-order valence-electron chi connectivity index (χ4n) is 2.32. The van der Waals surface area contributed by atoms with Gasteiger partial charge in [-0.15, -0.1) is 0 Å². The van der Waals surface area contributed by atoms with Gasteiger partial charge in [0.25, 0.3) is 6.01 Å². The lowest BCUT2D eigenvalue weighted by Crippen LogP contribution is -2.11. The maximum Gasteiger partial charge on any atom is 0.297 e. The molecular weight excluding hydrogens is 345 g/mol. The molecule has 1 atom stereocenters. The van der Waals surface area contributed by atoms with Crippen molar-refractivity contribution in [3.63, 3.8) is 0 Å². The minimum absolute atomic E-state index is 0.236. The predicted molar refractivity (Wildman–Crippen MR) is 93.2 cm³/mol. The van der Waals surface area contributed by atoms with Crippen LogP contribution in [-0.2, 0) is 6.61 Å². The Labute approximate surface area is 149 Å². The summed E-state index contributed by atoms with van der Waals surface area (Å²) in [6, 6.07) is 16.8. The van der Waals surface area contributed by atoms with Gasteiger partial charge in [0.05, 0.1) is 6.07 Å². The van der Waals surface area contributed by atoms with E-state index in [-0.39, 0.29) is 6.61 Å². The number of hydrogen-bond acceptors (Lipinski definition) is 3. The average Bonchev–Trinajstić information content (AvgIpc) is 3.04. The minimum atomic E-state index is -0.510. The number of ether oxygens (including phenoxy) is 1. The Morgan fingerprint density at radius 3 is 2.67 bits per heavy atom. The van der Waals surface area contributed by atoms with Gasteiger partial charge in [-0.2, -0.15) is 5.26 Å². The van der Waals surface area contributed by atoms with E-state index in [1.54, 1.807) is 35.2 Å². The summed E-state index contributed by atoms with van der Waals surface area (Å²) in [5, 5.41) is 10.6. The Bertz CT molecular complexity index is 871. The normalized spacial score (nSPS) is 11.7. The zero-order valence-electron chi connectivity index (χ0n) is 12.6. The second-order valence-corrected chi connectivity index (χ2v) is 5.93. The van der Waals surface area contributed by atoms with Gasteiger partial charge < -0.3 is 4.74 Å². The lowest BCUT2D eigenvalue weighted by Gasteiger charge is -2.15. The van der Waals surface area contributed by atoms with Crippen molar-refractivity contribution < 1.29 is 4.74 Å². The van der Waals surface area contributed by atoms with E-state index in [1.807, 2.05) is 30.3 Å². The topological polar surface area (TPSA) is 50.8 Å². The highest BCUT2D eigenvalue weighted by Crippen LogP contribution is 2.25. The van der Waals surface area contributed by atoms with Crippen molar-refractivity contribution in [2.45, 2.75) is 12.6 Å². The van der Waals surface area contributed by atoms with E-state index >= 15 is 0 Å². The minimum Gasteiger partial charge on any atom is -0.460 e. The molecule has 6 heteroatoms. The lowest BCUT2D eigenvalue weighted by atomic mass is 10.1. The number of benzene rings is 2. The van der Waals surface area contributed by atoms with E-state index in [1.165, 1.54) is 0 Å². The van der Waals surface area contributed by atoms with E-state index in [2.05, 4.69) is 11.1 Å². The van der Waals surface area contributed by atoms with Gasteiger partial charge in [0.1, 0.15) is 6.61 Å². The molecule has 3 aromatic rings. The van der Waals surface area contributed by atoms with Crippen LogP contribution in [0.25, 0.3) is 0 Å². The molecule has 0 saturated carbocycles. The van der Waals surface area contributed by atoms with Crippen LogP contribution >= 0.6 is 23.2 Å². The summed E-state index contributed by atoms with van der Waals surface area (Å²) in [6.07, 6.45) is 3.33. The third-order valence-electron chi connectivity index (χ3n) is 3.52. The summed E-state index contributed by atoms with van der Waals surface area (Å²) in [7, 11) is 0. The molecule has 0 amide bonds. The van der Waals surface area contributed by atoms with Crippen molar-refractivity contribution in [3.8, 4) is 12.1 Å². The van der Waals surface area contributed by atoms with Crippen molar-refractivity contribution in [2.75, 3.05) is 0 Å². The predicted octanol–water partition coefficient (Wildman–Crippen LogP) is 4.88. The van der Waals surface area contributed by atoms with Crippen LogP contribution in [0.3, 0.4) is 0 Å². The molecule has 4 nitrogen and oxygen atoms in total. The number of nitrogens with zero attached hydrogens (tertiary/aromatic N) is 3. The first-order valence-electron chi connectivity index (χ1n) is 7.23. The van der Waals surface area contributed by atoms with Gasteiger partial charge in [0.15, 0.2) is 6.04 Å². The van der Waals surface area contributed by atoms with Gasteiger partial charge in [-0.05, 0) is 17.7 Å². The van der Waals surface area contributed by atoms with Gasteiger partial charge in [-0.1, -0.05) is 59.6 Å². The third-order valence-corrected chi connectivity index (χ3v) is 4.11. The third kappa shape index (κ3) is 3.53. The first-order chi connectivity index (χ1) is 11.7. The SMILES string of the molecule is N#CC(c1ccccc1)n1ccnc1OCc1ccc(Cl)cc1Cl. The van der Waals surface area contributed by atoms with Crippen LogP contribution in [-0.4, -0.2) is 9.55 Å². The zero-order chi connectivity index (χ0) is 16.9. The molecule has 0 fully saturated rings. The monoisotopic (exact) mass is 357 g/mol. The standard InChI is InChI=1S/C18H13Cl2N3O/c19-15-7-6-14(16(20)10-15)12-24-18-22-8-9-23(18)17(11-21)13-4-2-1-3-5-13/h1-10,17H,12H2. The van der Waals surface area contributed by atoms with E-state index < -0.39 is 6.04 Å². The van der Waals surface area contributed by atoms with Gasteiger partial charge in [0.2, 0.25) is 0 Å². The number of nitriles is 1. The molecule has 0 aliphatic rings. The van der Waals surface area contributed by atoms with Gasteiger partial charge in [-0.3, -0.25) is 4.57 Å². The van der Waals surface area contributed by atoms with Crippen molar-refractivity contribution >= 4 is 23.2 Å². The molecule has 0 aliphatic heterocycles. The van der Waals surface area contributed by atoms with Crippen molar-refractivity contribution in [1.82, 2.24) is 9.55 Å². The van der Waals surface area contributed by atoms with Gasteiger partial charge in [0, 0.05) is 28.0 Å². The Morgan fingerprint density at radius 1 is 1.17 bits per heavy atom. The molecule has 0 spiro atoms. The molecule has 2 aromatic carbocycles. The lowest BCUT2D eigenvalue weighted by molar-refractivity contribution is 0.266. The molecular formula is C18H13Cl2N3O. The Balaban J connectivity index is 1.81. The Hall–Kier alpha value is -2.48. The van der Waals surface area contributed by atoms with Crippen LogP contribution < -0.4 is 4.74 Å². The Morgan fingerprint density at radius 2 is 1.96 bits per heavy atom. The van der Waals surface area contributed by atoms with Crippen molar-refractivity contribution in [1.29, 1.82) is 5.26 Å². The molecule has 0 saturated heterocycles. The molecule has 3 rings (SSSR count). The van der Waals surface area contributed by atoms with E-state index in [0.717, 1.165) is 11.1 Å². The van der Waals surface area contributed by atoms with Gasteiger partial charge >= 0.3 is 0 Å². The van der Waals surface area contributed by atoms with Crippen LogP contribution in [0.5, 0.6) is 6.01 Å². The van der Waals surface area contributed by atoms with Gasteiger partial charge in [-0.25, -0.2) is 4.98 Å². The number of imidazole rings is 1. The number of aromatic nitrogens is 2. The van der Waals surface area contributed by atoms with Crippen LogP contribution in [0, 0.1) is 11.3 Å². The maximum absolute atomic E-state index is 9.55. The highest BCUT2D eigenvalue weighted by atomic mass is 35.5. The average molecular weight is 358 g/mol. The highest BCUT2D eigenvalue weighted by molar-refractivity contribution is 6.35. The summed E-state index contributed by atoms with van der Waals surface area (Å²) >= 11 is 12.0. The molecule has 24 heavy (non-hydrogen) atoms. The van der Waals surface area contributed by atoms with Crippen LogP contribution in [0.2, 0.25) is 10.0 Å². The zero-order valence-corrected chi connectivity index (χ0v) is 14.1. The summed E-state index contributed by atoms with van der Waals surface area (Å²) in [5.74, 6) is 0. The van der Waals surface area contributed by atoms with Crippen LogP contribution in [0.4, 0.5) is 0 Å². The smallest absolute Gasteiger partial charge is 0.297 e. The summed E-state index contributed by atoms with van der Waals surface area (Å²) in [4.78, 5) is 4.19. The number of rotatable bonds is 5. The van der Waals surface area contributed by atoms with Crippen molar-refractivity contribution in [2.24, 2.45) is 0 Å². The van der Waals surface area contributed by atoms with Crippen LogP contribution in [0.1, 0.15) is 17.2 Å². The fraction of sp³-hybridized carbons (Fsp3) is 0.111. The quantitative estimate of drug-likeness (QED) is 0.653. The molecule has 0 N–H and O–H groups in total. The molecule has 0 radical (unpaired) electrons. The number of hydrogen-bond donors (Lipinski definition) is 0. The first kappa shape index (κ1) is 16.4. The van der Waals surface area contributed by atoms with Crippen LogP contribution in [0.15, 0.2) is 60.9 Å². The molecule has 1 aromatic heterocycles. The summed E-state index contributed by atoms with van der Waals surface area (Å²) in [6.45, 7) is 0.236. The molecule has 0 bridgehead atoms. The second kappa shape index (κ2) is 7.39. The van der Waals surface area contributed by atoms with E-state index in [9.17, 15) is 5.26 Å². The molecule has 1 unspecified atom stereocenters. The second-order valence-electron chi connectivity index (χ2n) is 5.08. The maximum atomic E-state index is 9.55. The number of halogens is 2. The van der Waals surface area contributed by atoms with Crippen molar-refractivity contribution in [3.05, 3.63) is 82.1 Å². The molecule has 120 valence electrons. The highest BCUT2D eigenvalue weighted by Gasteiger charge is 2.17. The molecule has 0 aliphatic carbocycles. The summed E-state index contributed by atoms with van der Waals surface area (Å²) < 4.78 is 7.46. The Kier molecular flexibility index (Phi) is 5.05. The summed E-state index contributed by atoms with van der Waals surface area (Å²) in [5.41, 5.74) is 1.66. The molecule has 1 heterocycles. The fourth-order valence-corrected chi connectivity index (χ4v) is 2.78. The van der Waals surface area contributed by atoms with E-state index in [0.29, 0.717) is 16.1 Å². The largest absolute Gasteiger partial charge is 0.460 e. The first-order valence-corrected chi connectivity index (χ1v) is 7.99. The van der Waals surface area contributed by atoms with E-state index in [4.69, 9.17) is 27.9 Å².